The molecule has 8 heteroatoms. The average molecular weight is 434 g/mol. The SMILES string of the molecule is Cc1ccc(S(=O)(=O)n2nc(I)c3c(Cl)ccnc32)cc1. The average Bonchev–Trinajstić information content (AvgIpc) is 2.79. The van der Waals surface area contributed by atoms with Crippen molar-refractivity contribution in [3.8, 4) is 0 Å². The topological polar surface area (TPSA) is 64.8 Å². The summed E-state index contributed by atoms with van der Waals surface area (Å²) in [5.74, 6) is 0. The Morgan fingerprint density at radius 3 is 2.52 bits per heavy atom. The monoisotopic (exact) mass is 433 g/mol. The molecule has 2 heterocycles. The maximum absolute atomic E-state index is 12.7. The van der Waals surface area contributed by atoms with E-state index in [9.17, 15) is 8.42 Å². The summed E-state index contributed by atoms with van der Waals surface area (Å²) in [6.45, 7) is 1.89. The Morgan fingerprint density at radius 1 is 1.19 bits per heavy atom. The summed E-state index contributed by atoms with van der Waals surface area (Å²) in [4.78, 5) is 4.27. The van der Waals surface area contributed by atoms with Gasteiger partial charge in [-0.1, -0.05) is 29.3 Å². The number of aryl methyl sites for hydroxylation is 1. The minimum Gasteiger partial charge on any atom is -0.236 e. The lowest BCUT2D eigenvalue weighted by molar-refractivity contribution is 0.581. The van der Waals surface area contributed by atoms with E-state index < -0.39 is 10.0 Å². The summed E-state index contributed by atoms with van der Waals surface area (Å²) < 4.78 is 26.8. The van der Waals surface area contributed by atoms with Crippen molar-refractivity contribution in [2.24, 2.45) is 0 Å². The molecule has 0 aliphatic carbocycles. The summed E-state index contributed by atoms with van der Waals surface area (Å²) in [5.41, 5.74) is 1.21. The van der Waals surface area contributed by atoms with Crippen LogP contribution in [0.1, 0.15) is 5.56 Å². The van der Waals surface area contributed by atoms with Crippen molar-refractivity contribution in [1.82, 2.24) is 14.2 Å². The van der Waals surface area contributed by atoms with Crippen LogP contribution in [0, 0.1) is 10.6 Å². The Kier molecular flexibility index (Phi) is 3.66. The van der Waals surface area contributed by atoms with E-state index in [1.165, 1.54) is 6.20 Å². The maximum atomic E-state index is 12.7. The number of rotatable bonds is 2. The van der Waals surface area contributed by atoms with E-state index in [-0.39, 0.29) is 10.5 Å². The predicted molar refractivity (Wildman–Crippen MR) is 89.0 cm³/mol. The Labute approximate surface area is 140 Å². The molecule has 0 fully saturated rings. The molecule has 5 nitrogen and oxygen atoms in total. The van der Waals surface area contributed by atoms with Gasteiger partial charge in [0.25, 0.3) is 10.0 Å². The number of hydrogen-bond acceptors (Lipinski definition) is 4. The highest BCUT2D eigenvalue weighted by Crippen LogP contribution is 2.28. The van der Waals surface area contributed by atoms with E-state index in [1.807, 2.05) is 29.5 Å². The molecular weight excluding hydrogens is 425 g/mol. The molecule has 21 heavy (non-hydrogen) atoms. The lowest BCUT2D eigenvalue weighted by Gasteiger charge is -2.05. The van der Waals surface area contributed by atoms with Crippen molar-refractivity contribution in [2.75, 3.05) is 0 Å². The smallest absolute Gasteiger partial charge is 0.236 e. The van der Waals surface area contributed by atoms with Gasteiger partial charge in [-0.15, -0.1) is 9.19 Å². The van der Waals surface area contributed by atoms with E-state index in [4.69, 9.17) is 11.6 Å². The summed E-state index contributed by atoms with van der Waals surface area (Å²) in [7, 11) is -3.80. The third kappa shape index (κ3) is 2.43. The summed E-state index contributed by atoms with van der Waals surface area (Å²) >= 11 is 8.05. The molecule has 1 aromatic carbocycles. The van der Waals surface area contributed by atoms with Gasteiger partial charge in [-0.3, -0.25) is 0 Å². The predicted octanol–water partition coefficient (Wildman–Crippen LogP) is 3.23. The number of hydrogen-bond donors (Lipinski definition) is 0. The fraction of sp³-hybridized carbons (Fsp3) is 0.0769. The van der Waals surface area contributed by atoms with E-state index in [2.05, 4.69) is 10.1 Å². The molecule has 108 valence electrons. The zero-order chi connectivity index (χ0) is 15.2. The van der Waals surface area contributed by atoms with Gasteiger partial charge in [-0.2, -0.15) is 8.42 Å². The maximum Gasteiger partial charge on any atom is 0.284 e. The number of benzene rings is 1. The summed E-state index contributed by atoms with van der Waals surface area (Å²) in [6.07, 6.45) is 1.46. The van der Waals surface area contributed by atoms with Crippen LogP contribution in [-0.4, -0.2) is 22.6 Å². The van der Waals surface area contributed by atoms with E-state index in [0.717, 1.165) is 9.65 Å². The fourth-order valence-electron chi connectivity index (χ4n) is 1.92. The summed E-state index contributed by atoms with van der Waals surface area (Å²) in [6, 6.07) is 8.19. The zero-order valence-corrected chi connectivity index (χ0v) is 14.5. The first-order chi connectivity index (χ1) is 9.91. The van der Waals surface area contributed by atoms with Crippen LogP contribution in [0.2, 0.25) is 5.02 Å². The van der Waals surface area contributed by atoms with Crippen molar-refractivity contribution < 1.29 is 8.42 Å². The van der Waals surface area contributed by atoms with Gasteiger partial charge < -0.3 is 0 Å². The standard InChI is InChI=1S/C13H9ClIN3O2S/c1-8-2-4-9(5-3-8)21(19,20)18-13-11(12(15)17-18)10(14)6-7-16-13/h2-7H,1H3. The molecule has 0 aliphatic rings. The molecule has 0 N–H and O–H groups in total. The molecule has 0 atom stereocenters. The van der Waals surface area contributed by atoms with Crippen molar-refractivity contribution in [3.05, 3.63) is 50.8 Å². The third-order valence-corrected chi connectivity index (χ3v) is 5.64. The molecule has 0 unspecified atom stereocenters. The Morgan fingerprint density at radius 2 is 1.86 bits per heavy atom. The highest BCUT2D eigenvalue weighted by atomic mass is 127. The van der Waals surface area contributed by atoms with Crippen LogP contribution >= 0.6 is 34.2 Å². The first kappa shape index (κ1) is 14.7. The van der Waals surface area contributed by atoms with Crippen molar-refractivity contribution in [3.63, 3.8) is 0 Å². The number of pyridine rings is 1. The minimum absolute atomic E-state index is 0.163. The lowest BCUT2D eigenvalue weighted by atomic mass is 10.2. The zero-order valence-electron chi connectivity index (χ0n) is 10.8. The largest absolute Gasteiger partial charge is 0.284 e. The lowest BCUT2D eigenvalue weighted by Crippen LogP contribution is -2.15. The molecule has 0 amide bonds. The van der Waals surface area contributed by atoms with Gasteiger partial charge in [0.15, 0.2) is 5.65 Å². The molecule has 2 aromatic heterocycles. The second kappa shape index (κ2) is 5.22. The Hall–Kier alpha value is -1.19. The highest BCUT2D eigenvalue weighted by Gasteiger charge is 2.24. The van der Waals surface area contributed by atoms with Gasteiger partial charge in [0.2, 0.25) is 0 Å². The molecule has 0 radical (unpaired) electrons. The second-order valence-corrected chi connectivity index (χ2v) is 7.64. The van der Waals surface area contributed by atoms with Gasteiger partial charge in [0, 0.05) is 6.20 Å². The normalized spacial score (nSPS) is 12.0. The number of halogens is 2. The summed E-state index contributed by atoms with van der Waals surface area (Å²) in [5, 5.41) is 5.05. The van der Waals surface area contributed by atoms with Gasteiger partial charge in [0.05, 0.1) is 15.3 Å². The molecular formula is C13H9ClIN3O2S. The molecule has 0 saturated heterocycles. The minimum atomic E-state index is -3.80. The van der Waals surface area contributed by atoms with Gasteiger partial charge >= 0.3 is 0 Å². The third-order valence-electron chi connectivity index (χ3n) is 2.99. The van der Waals surface area contributed by atoms with E-state index >= 15 is 0 Å². The van der Waals surface area contributed by atoms with Crippen LogP contribution in [0.4, 0.5) is 0 Å². The van der Waals surface area contributed by atoms with Crippen molar-refractivity contribution in [2.45, 2.75) is 11.8 Å². The highest BCUT2D eigenvalue weighted by molar-refractivity contribution is 14.1. The second-order valence-electron chi connectivity index (χ2n) is 4.44. The molecule has 0 saturated carbocycles. The molecule has 0 spiro atoms. The first-order valence-electron chi connectivity index (χ1n) is 5.92. The van der Waals surface area contributed by atoms with Crippen molar-refractivity contribution >= 4 is 55.2 Å². The van der Waals surface area contributed by atoms with Crippen LogP contribution < -0.4 is 0 Å². The van der Waals surface area contributed by atoms with Crippen LogP contribution in [-0.2, 0) is 10.0 Å². The molecule has 3 aromatic rings. The van der Waals surface area contributed by atoms with E-state index in [0.29, 0.717) is 14.1 Å². The molecule has 0 bridgehead atoms. The Balaban J connectivity index is 2.29. The number of nitrogens with zero attached hydrogens (tertiary/aromatic N) is 3. The van der Waals surface area contributed by atoms with E-state index in [1.54, 1.807) is 30.3 Å². The molecule has 0 aliphatic heterocycles. The van der Waals surface area contributed by atoms with Crippen LogP contribution in [0.5, 0.6) is 0 Å². The van der Waals surface area contributed by atoms with Crippen LogP contribution in [0.15, 0.2) is 41.4 Å². The van der Waals surface area contributed by atoms with Gasteiger partial charge in [0.1, 0.15) is 3.70 Å². The quantitative estimate of drug-likeness (QED) is 0.582. The van der Waals surface area contributed by atoms with Crippen molar-refractivity contribution in [1.29, 1.82) is 0 Å². The van der Waals surface area contributed by atoms with Crippen LogP contribution in [0.25, 0.3) is 11.0 Å². The van der Waals surface area contributed by atoms with Gasteiger partial charge in [-0.25, -0.2) is 4.98 Å². The fourth-order valence-corrected chi connectivity index (χ4v) is 4.44. The number of aromatic nitrogens is 3. The number of fused-ring (bicyclic) bond motifs is 1. The van der Waals surface area contributed by atoms with Gasteiger partial charge in [-0.05, 0) is 47.7 Å². The first-order valence-corrected chi connectivity index (χ1v) is 8.82. The van der Waals surface area contributed by atoms with Crippen LogP contribution in [0.3, 0.4) is 0 Å². The Bertz CT molecular complexity index is 936. The molecule has 3 rings (SSSR count).